The summed E-state index contributed by atoms with van der Waals surface area (Å²) in [5, 5.41) is 13.8. The summed E-state index contributed by atoms with van der Waals surface area (Å²) >= 11 is 0. The highest BCUT2D eigenvalue weighted by Gasteiger charge is 2.05. The van der Waals surface area contributed by atoms with Crippen molar-refractivity contribution in [2.45, 2.75) is 0 Å². The molecule has 0 saturated heterocycles. The molecule has 2 N–H and O–H groups in total. The zero-order chi connectivity index (χ0) is 10.8. The highest BCUT2D eigenvalue weighted by atomic mass is 15.5. The van der Waals surface area contributed by atoms with Crippen LogP contribution in [-0.4, -0.2) is 30.6 Å². The molecule has 0 unspecified atom stereocenters. The van der Waals surface area contributed by atoms with Gasteiger partial charge < -0.3 is 4.98 Å². The van der Waals surface area contributed by atoms with Crippen LogP contribution in [0.5, 0.6) is 0 Å². The van der Waals surface area contributed by atoms with Crippen LogP contribution in [0, 0.1) is 0 Å². The van der Waals surface area contributed by atoms with Crippen LogP contribution in [0.15, 0.2) is 36.7 Å². The average molecular weight is 212 g/mol. The largest absolute Gasteiger partial charge is 0.345 e. The maximum atomic E-state index is 4.19. The number of hydrogen-bond acceptors (Lipinski definition) is 4. The van der Waals surface area contributed by atoms with Crippen molar-refractivity contribution in [3.8, 4) is 22.8 Å². The third kappa shape index (κ3) is 1.46. The predicted octanol–water partition coefficient (Wildman–Crippen LogP) is 1.26. The molecule has 3 rings (SSSR count). The molecule has 0 atom stereocenters. The van der Waals surface area contributed by atoms with E-state index in [0.717, 1.165) is 17.0 Å². The molecule has 6 heteroatoms. The Morgan fingerprint density at radius 1 is 1.12 bits per heavy atom. The minimum atomic E-state index is 0.577. The second kappa shape index (κ2) is 3.58. The fourth-order valence-corrected chi connectivity index (χ4v) is 1.51. The molecule has 0 saturated carbocycles. The van der Waals surface area contributed by atoms with Crippen molar-refractivity contribution >= 4 is 0 Å². The van der Waals surface area contributed by atoms with Gasteiger partial charge in [-0.3, -0.25) is 0 Å². The van der Waals surface area contributed by atoms with E-state index in [1.165, 1.54) is 0 Å². The Morgan fingerprint density at radius 2 is 2.06 bits per heavy atom. The predicted molar refractivity (Wildman–Crippen MR) is 57.2 cm³/mol. The number of imidazole rings is 1. The van der Waals surface area contributed by atoms with E-state index in [0.29, 0.717) is 5.82 Å². The Hall–Kier alpha value is -2.50. The zero-order valence-corrected chi connectivity index (χ0v) is 8.25. The van der Waals surface area contributed by atoms with Gasteiger partial charge in [0.25, 0.3) is 0 Å². The van der Waals surface area contributed by atoms with E-state index in [-0.39, 0.29) is 0 Å². The Morgan fingerprint density at radius 3 is 2.81 bits per heavy atom. The summed E-state index contributed by atoms with van der Waals surface area (Å²) in [5.74, 6) is 1.40. The molecule has 78 valence electrons. The quantitative estimate of drug-likeness (QED) is 0.669. The summed E-state index contributed by atoms with van der Waals surface area (Å²) in [4.78, 5) is 7.24. The molecule has 0 aliphatic carbocycles. The van der Waals surface area contributed by atoms with Crippen LogP contribution in [0.1, 0.15) is 0 Å². The van der Waals surface area contributed by atoms with E-state index < -0.39 is 0 Å². The fraction of sp³-hybridized carbons (Fsp3) is 0. The highest BCUT2D eigenvalue weighted by Crippen LogP contribution is 2.20. The topological polar surface area (TPSA) is 83.1 Å². The van der Waals surface area contributed by atoms with Gasteiger partial charge in [0, 0.05) is 23.5 Å². The van der Waals surface area contributed by atoms with Gasteiger partial charge in [-0.2, -0.15) is 5.21 Å². The fourth-order valence-electron chi connectivity index (χ4n) is 1.51. The van der Waals surface area contributed by atoms with Crippen LogP contribution in [0.3, 0.4) is 0 Å². The molecule has 0 radical (unpaired) electrons. The number of aromatic nitrogens is 6. The monoisotopic (exact) mass is 212 g/mol. The standard InChI is InChI=1S/C10H8N6/c1-2-7(9-11-4-5-12-9)6-8(3-1)10-13-15-16-14-10/h1-6H,(H,11,12)(H,13,14,15,16). The van der Waals surface area contributed by atoms with Crippen LogP contribution in [0.25, 0.3) is 22.8 Å². The van der Waals surface area contributed by atoms with Gasteiger partial charge in [-0.25, -0.2) is 4.98 Å². The SMILES string of the molecule is c1cc(-c2nn[nH]n2)cc(-c2ncc[nH]2)c1. The maximum Gasteiger partial charge on any atom is 0.204 e. The van der Waals surface area contributed by atoms with E-state index in [2.05, 4.69) is 30.6 Å². The van der Waals surface area contributed by atoms with Gasteiger partial charge in [0.15, 0.2) is 0 Å². The van der Waals surface area contributed by atoms with Crippen LogP contribution >= 0.6 is 0 Å². The lowest BCUT2D eigenvalue weighted by molar-refractivity contribution is 0.881. The first-order valence-corrected chi connectivity index (χ1v) is 4.77. The van der Waals surface area contributed by atoms with E-state index >= 15 is 0 Å². The van der Waals surface area contributed by atoms with Crippen molar-refractivity contribution in [2.75, 3.05) is 0 Å². The van der Waals surface area contributed by atoms with Gasteiger partial charge in [0.05, 0.1) is 0 Å². The van der Waals surface area contributed by atoms with Crippen LogP contribution in [0.2, 0.25) is 0 Å². The molecular formula is C10H8N6. The molecule has 0 spiro atoms. The first-order valence-electron chi connectivity index (χ1n) is 4.77. The molecule has 16 heavy (non-hydrogen) atoms. The number of rotatable bonds is 2. The number of benzene rings is 1. The van der Waals surface area contributed by atoms with Gasteiger partial charge in [0.2, 0.25) is 5.82 Å². The van der Waals surface area contributed by atoms with Gasteiger partial charge in [-0.1, -0.05) is 18.2 Å². The van der Waals surface area contributed by atoms with Gasteiger partial charge in [0.1, 0.15) is 5.82 Å². The molecule has 0 aliphatic heterocycles. The van der Waals surface area contributed by atoms with Crippen LogP contribution < -0.4 is 0 Å². The lowest BCUT2D eigenvalue weighted by Gasteiger charge is -1.98. The second-order valence-electron chi connectivity index (χ2n) is 3.25. The minimum absolute atomic E-state index is 0.577. The van der Waals surface area contributed by atoms with E-state index in [1.54, 1.807) is 12.4 Å². The third-order valence-electron chi connectivity index (χ3n) is 2.24. The Balaban J connectivity index is 2.07. The second-order valence-corrected chi connectivity index (χ2v) is 3.25. The third-order valence-corrected chi connectivity index (χ3v) is 2.24. The Labute approximate surface area is 90.7 Å². The molecule has 3 aromatic rings. The molecule has 0 fully saturated rings. The van der Waals surface area contributed by atoms with Crippen LogP contribution in [0.4, 0.5) is 0 Å². The van der Waals surface area contributed by atoms with Crippen molar-refractivity contribution in [2.24, 2.45) is 0 Å². The minimum Gasteiger partial charge on any atom is -0.345 e. The number of nitrogens with zero attached hydrogens (tertiary/aromatic N) is 4. The first-order chi connectivity index (χ1) is 7.93. The zero-order valence-electron chi connectivity index (χ0n) is 8.25. The molecule has 0 amide bonds. The van der Waals surface area contributed by atoms with E-state index in [9.17, 15) is 0 Å². The van der Waals surface area contributed by atoms with Crippen LogP contribution in [-0.2, 0) is 0 Å². The Kier molecular flexibility index (Phi) is 1.96. The number of H-pyrrole nitrogens is 2. The summed E-state index contributed by atoms with van der Waals surface area (Å²) < 4.78 is 0. The van der Waals surface area contributed by atoms with Crippen molar-refractivity contribution in [3.63, 3.8) is 0 Å². The maximum absolute atomic E-state index is 4.19. The lowest BCUT2D eigenvalue weighted by atomic mass is 10.1. The molecular weight excluding hydrogens is 204 g/mol. The molecule has 6 nitrogen and oxygen atoms in total. The number of hydrogen-bond donors (Lipinski definition) is 2. The number of nitrogens with one attached hydrogen (secondary N) is 2. The lowest BCUT2D eigenvalue weighted by Crippen LogP contribution is -1.84. The molecule has 2 aromatic heterocycles. The summed E-state index contributed by atoms with van der Waals surface area (Å²) in [6.07, 6.45) is 3.51. The van der Waals surface area contributed by atoms with E-state index in [4.69, 9.17) is 0 Å². The molecule has 0 aliphatic rings. The van der Waals surface area contributed by atoms with Crippen molar-refractivity contribution in [1.82, 2.24) is 30.6 Å². The van der Waals surface area contributed by atoms with Gasteiger partial charge >= 0.3 is 0 Å². The smallest absolute Gasteiger partial charge is 0.204 e. The average Bonchev–Trinajstić information content (AvgIpc) is 3.03. The highest BCUT2D eigenvalue weighted by molar-refractivity contribution is 5.65. The summed E-state index contributed by atoms with van der Waals surface area (Å²) in [5.41, 5.74) is 1.90. The van der Waals surface area contributed by atoms with Crippen molar-refractivity contribution in [3.05, 3.63) is 36.7 Å². The molecule has 2 heterocycles. The summed E-state index contributed by atoms with van der Waals surface area (Å²) in [6.45, 7) is 0. The van der Waals surface area contributed by atoms with Crippen molar-refractivity contribution in [1.29, 1.82) is 0 Å². The number of aromatic amines is 2. The normalized spacial score (nSPS) is 10.5. The molecule has 1 aromatic carbocycles. The van der Waals surface area contributed by atoms with Crippen molar-refractivity contribution < 1.29 is 0 Å². The van der Waals surface area contributed by atoms with Gasteiger partial charge in [-0.15, -0.1) is 10.2 Å². The summed E-state index contributed by atoms with van der Waals surface area (Å²) in [7, 11) is 0. The van der Waals surface area contributed by atoms with E-state index in [1.807, 2.05) is 24.3 Å². The first kappa shape index (κ1) is 8.78. The molecule has 0 bridgehead atoms. The number of tetrazole rings is 1. The van der Waals surface area contributed by atoms with Gasteiger partial charge in [-0.05, 0) is 11.3 Å². The summed E-state index contributed by atoms with van der Waals surface area (Å²) in [6, 6.07) is 7.80. The Bertz CT molecular complexity index is 520.